The standard InChI is InChI=1S/C31H30F5N3O3/c1-2-38(15-3-4-21-5-9-25(32)10-6-21)29-12-8-24(20-37-29)26(18-22-13-16-39(40)17-14-22)23-7-11-27(41-30(33)34)28(19-23)42-31(35)36/h5-14,16-17,19-20,26,30-31H,2-4,15,18H2,1H3. The van der Waals surface area contributed by atoms with Gasteiger partial charge in [0.1, 0.15) is 11.6 Å². The molecule has 1 atom stereocenters. The highest BCUT2D eigenvalue weighted by atomic mass is 19.3. The molecule has 0 fully saturated rings. The third-order valence-corrected chi connectivity index (χ3v) is 6.80. The van der Waals surface area contributed by atoms with E-state index in [-0.39, 0.29) is 5.82 Å². The quantitative estimate of drug-likeness (QED) is 0.0914. The predicted molar refractivity (Wildman–Crippen MR) is 147 cm³/mol. The summed E-state index contributed by atoms with van der Waals surface area (Å²) >= 11 is 0. The Balaban J connectivity index is 1.58. The summed E-state index contributed by atoms with van der Waals surface area (Å²) in [5, 5.41) is 11.5. The van der Waals surface area contributed by atoms with Crippen molar-refractivity contribution < 1.29 is 36.2 Å². The molecule has 0 aliphatic heterocycles. The average Bonchev–Trinajstić information content (AvgIpc) is 2.97. The molecule has 0 saturated carbocycles. The first kappa shape index (κ1) is 30.5. The Morgan fingerprint density at radius 3 is 2.12 bits per heavy atom. The molecular formula is C31H30F5N3O3. The van der Waals surface area contributed by atoms with Gasteiger partial charge in [-0.05, 0) is 78.8 Å². The van der Waals surface area contributed by atoms with E-state index in [1.165, 1.54) is 42.7 Å². The average molecular weight is 588 g/mol. The molecule has 42 heavy (non-hydrogen) atoms. The summed E-state index contributed by atoms with van der Waals surface area (Å²) in [5.74, 6) is -0.987. The van der Waals surface area contributed by atoms with E-state index >= 15 is 0 Å². The van der Waals surface area contributed by atoms with Crippen LogP contribution in [0.2, 0.25) is 0 Å². The molecule has 11 heteroatoms. The number of hydrogen-bond acceptors (Lipinski definition) is 5. The molecule has 4 rings (SSSR count). The van der Waals surface area contributed by atoms with Crippen molar-refractivity contribution in [3.05, 3.63) is 119 Å². The molecule has 1 unspecified atom stereocenters. The molecule has 6 nitrogen and oxygen atoms in total. The van der Waals surface area contributed by atoms with E-state index in [1.54, 1.807) is 30.5 Å². The summed E-state index contributed by atoms with van der Waals surface area (Å²) in [6.07, 6.45) is 6.37. The molecule has 0 aliphatic carbocycles. The van der Waals surface area contributed by atoms with Crippen molar-refractivity contribution in [1.29, 1.82) is 0 Å². The molecule has 0 bridgehead atoms. The maximum Gasteiger partial charge on any atom is 0.387 e. The summed E-state index contributed by atoms with van der Waals surface area (Å²) < 4.78 is 74.7. The van der Waals surface area contributed by atoms with Crippen LogP contribution in [0.15, 0.2) is 85.3 Å². The number of rotatable bonds is 14. The fourth-order valence-corrected chi connectivity index (χ4v) is 4.72. The lowest BCUT2D eigenvalue weighted by Gasteiger charge is -2.24. The van der Waals surface area contributed by atoms with E-state index in [4.69, 9.17) is 0 Å². The van der Waals surface area contributed by atoms with Gasteiger partial charge in [-0.15, -0.1) is 0 Å². The van der Waals surface area contributed by atoms with Gasteiger partial charge >= 0.3 is 13.2 Å². The topological polar surface area (TPSA) is 61.5 Å². The number of nitrogens with zero attached hydrogens (tertiary/aromatic N) is 3. The third-order valence-electron chi connectivity index (χ3n) is 6.80. The van der Waals surface area contributed by atoms with Gasteiger partial charge in [0.2, 0.25) is 0 Å². The zero-order chi connectivity index (χ0) is 30.1. The number of pyridine rings is 2. The number of halogens is 5. The van der Waals surface area contributed by atoms with Gasteiger partial charge in [-0.2, -0.15) is 22.3 Å². The van der Waals surface area contributed by atoms with E-state index in [2.05, 4.69) is 19.4 Å². The molecule has 2 aromatic carbocycles. The molecule has 0 radical (unpaired) electrons. The predicted octanol–water partition coefficient (Wildman–Crippen LogP) is 6.89. The van der Waals surface area contributed by atoms with Gasteiger partial charge in [0.25, 0.3) is 0 Å². The van der Waals surface area contributed by atoms with E-state index in [0.29, 0.717) is 23.3 Å². The van der Waals surface area contributed by atoms with Crippen molar-refractivity contribution in [2.75, 3.05) is 18.0 Å². The molecular weight excluding hydrogens is 557 g/mol. The van der Waals surface area contributed by atoms with Crippen LogP contribution in [-0.4, -0.2) is 31.3 Å². The van der Waals surface area contributed by atoms with Gasteiger partial charge < -0.3 is 19.6 Å². The monoisotopic (exact) mass is 587 g/mol. The first-order valence-corrected chi connectivity index (χ1v) is 13.4. The zero-order valence-corrected chi connectivity index (χ0v) is 22.8. The van der Waals surface area contributed by atoms with Crippen LogP contribution in [0.25, 0.3) is 0 Å². The highest BCUT2D eigenvalue weighted by molar-refractivity contribution is 5.48. The highest BCUT2D eigenvalue weighted by Crippen LogP contribution is 2.37. The second kappa shape index (κ2) is 14.5. The van der Waals surface area contributed by atoms with Crippen molar-refractivity contribution in [3.63, 3.8) is 0 Å². The maximum atomic E-state index is 13.2. The van der Waals surface area contributed by atoms with Crippen LogP contribution in [0.4, 0.5) is 27.8 Å². The van der Waals surface area contributed by atoms with Crippen molar-refractivity contribution in [3.8, 4) is 11.5 Å². The molecule has 0 saturated heterocycles. The largest absolute Gasteiger partial charge is 0.619 e. The Bertz CT molecular complexity index is 1410. The molecule has 4 aromatic rings. The summed E-state index contributed by atoms with van der Waals surface area (Å²) in [6.45, 7) is -3.02. The molecule has 0 spiro atoms. The Hall–Kier alpha value is -4.41. The number of aromatic nitrogens is 2. The minimum Gasteiger partial charge on any atom is -0.619 e. The Morgan fingerprint density at radius 1 is 0.833 bits per heavy atom. The van der Waals surface area contributed by atoms with Crippen LogP contribution in [0.1, 0.15) is 41.5 Å². The van der Waals surface area contributed by atoms with Crippen molar-refractivity contribution in [2.45, 2.75) is 45.3 Å². The number of ether oxygens (including phenoxy) is 2. The van der Waals surface area contributed by atoms with E-state index in [1.807, 2.05) is 19.1 Å². The summed E-state index contributed by atoms with van der Waals surface area (Å²) in [4.78, 5) is 6.77. The minimum absolute atomic E-state index is 0.270. The Kier molecular flexibility index (Phi) is 10.5. The van der Waals surface area contributed by atoms with Crippen LogP contribution in [0, 0.1) is 11.0 Å². The highest BCUT2D eigenvalue weighted by Gasteiger charge is 2.22. The SMILES string of the molecule is CCN(CCCc1ccc(F)cc1)c1ccc(C(Cc2cc[n+]([O-])cc2)c2ccc(OC(F)F)c(OC(F)F)c2)cn1. The summed E-state index contributed by atoms with van der Waals surface area (Å²) in [5.41, 5.74) is 3.08. The van der Waals surface area contributed by atoms with Crippen molar-refractivity contribution in [1.82, 2.24) is 4.98 Å². The number of alkyl halides is 4. The van der Waals surface area contributed by atoms with Crippen LogP contribution >= 0.6 is 0 Å². The van der Waals surface area contributed by atoms with Gasteiger partial charge in [-0.3, -0.25) is 0 Å². The van der Waals surface area contributed by atoms with E-state index in [0.717, 1.165) is 41.9 Å². The fourth-order valence-electron chi connectivity index (χ4n) is 4.72. The first-order valence-electron chi connectivity index (χ1n) is 13.4. The molecule has 0 amide bonds. The van der Waals surface area contributed by atoms with Gasteiger partial charge in [-0.25, -0.2) is 9.37 Å². The first-order chi connectivity index (χ1) is 20.2. The zero-order valence-electron chi connectivity index (χ0n) is 22.8. The van der Waals surface area contributed by atoms with Crippen molar-refractivity contribution in [2.24, 2.45) is 0 Å². The minimum atomic E-state index is -3.25. The van der Waals surface area contributed by atoms with Crippen molar-refractivity contribution >= 4 is 5.82 Å². The maximum absolute atomic E-state index is 13.2. The van der Waals surface area contributed by atoms with Gasteiger partial charge in [0.05, 0.1) is 0 Å². The number of hydrogen-bond donors (Lipinski definition) is 0. The summed E-state index contributed by atoms with van der Waals surface area (Å²) in [7, 11) is 0. The molecule has 2 heterocycles. The lowest BCUT2D eigenvalue weighted by atomic mass is 9.86. The van der Waals surface area contributed by atoms with E-state index < -0.39 is 30.6 Å². The molecule has 0 N–H and O–H groups in total. The lowest BCUT2D eigenvalue weighted by molar-refractivity contribution is -0.605. The third kappa shape index (κ3) is 8.55. The second-order valence-corrected chi connectivity index (χ2v) is 9.55. The number of anilines is 1. The lowest BCUT2D eigenvalue weighted by Crippen LogP contribution is -2.25. The van der Waals surface area contributed by atoms with Crippen LogP contribution < -0.4 is 19.1 Å². The number of aryl methyl sites for hydroxylation is 1. The normalized spacial score (nSPS) is 12.0. The fraction of sp³-hybridized carbons (Fsp3) is 0.290. The molecule has 2 aromatic heterocycles. The summed E-state index contributed by atoms with van der Waals surface area (Å²) in [6, 6.07) is 17.4. The van der Waals surface area contributed by atoms with Gasteiger partial charge in [-0.1, -0.05) is 24.3 Å². The van der Waals surface area contributed by atoms with Gasteiger partial charge in [0.15, 0.2) is 23.9 Å². The Morgan fingerprint density at radius 2 is 1.50 bits per heavy atom. The second-order valence-electron chi connectivity index (χ2n) is 9.55. The van der Waals surface area contributed by atoms with Crippen LogP contribution in [0.5, 0.6) is 11.5 Å². The number of benzene rings is 2. The molecule has 0 aliphatic rings. The Labute approximate surface area is 240 Å². The van der Waals surface area contributed by atoms with E-state index in [9.17, 15) is 27.2 Å². The van der Waals surface area contributed by atoms with Crippen LogP contribution in [-0.2, 0) is 12.8 Å². The molecule has 222 valence electrons. The van der Waals surface area contributed by atoms with Crippen LogP contribution in [0.3, 0.4) is 0 Å². The van der Waals surface area contributed by atoms with Gasteiger partial charge in [0, 0.05) is 37.3 Å². The smallest absolute Gasteiger partial charge is 0.387 e.